The number of nitrogens with zero attached hydrogens (tertiary/aromatic N) is 2. The van der Waals surface area contributed by atoms with Gasteiger partial charge in [0.05, 0.1) is 6.54 Å². The number of hydrogen-bond acceptors (Lipinski definition) is 3. The second-order valence-corrected chi connectivity index (χ2v) is 5.13. The van der Waals surface area contributed by atoms with Crippen molar-refractivity contribution in [1.82, 2.24) is 9.80 Å². The van der Waals surface area contributed by atoms with Gasteiger partial charge in [-0.05, 0) is 11.6 Å². The monoisotopic (exact) mass is 259 g/mol. The Balaban J connectivity index is 1.68. The summed E-state index contributed by atoms with van der Waals surface area (Å²) in [5.74, 6) is 0.0350. The van der Waals surface area contributed by atoms with Crippen molar-refractivity contribution in [2.45, 2.75) is 12.5 Å². The van der Waals surface area contributed by atoms with Gasteiger partial charge in [-0.25, -0.2) is 0 Å². The summed E-state index contributed by atoms with van der Waals surface area (Å²) in [6, 6.07) is 7.72. The van der Waals surface area contributed by atoms with Crippen LogP contribution in [0.5, 0.6) is 0 Å². The molecular weight excluding hydrogens is 242 g/mol. The van der Waals surface area contributed by atoms with E-state index in [-0.39, 0.29) is 24.4 Å². The second kappa shape index (κ2) is 4.57. The molecule has 1 fully saturated rings. The Morgan fingerprint density at radius 3 is 2.84 bits per heavy atom. The predicted octanol–water partition coefficient (Wildman–Crippen LogP) is 0.324. The fraction of sp³-hybridized carbons (Fsp3) is 0.429. The summed E-state index contributed by atoms with van der Waals surface area (Å²) >= 11 is 0. The molecule has 19 heavy (non-hydrogen) atoms. The second-order valence-electron chi connectivity index (χ2n) is 5.13. The molecule has 3 rings (SSSR count). The van der Waals surface area contributed by atoms with Crippen molar-refractivity contribution in [1.29, 1.82) is 0 Å². The zero-order chi connectivity index (χ0) is 13.4. The number of hydrogen-bond donors (Lipinski definition) is 1. The smallest absolute Gasteiger partial charge is 0.245 e. The fourth-order valence-corrected chi connectivity index (χ4v) is 2.61. The number of benzene rings is 1. The number of piperazine rings is 1. The highest BCUT2D eigenvalue weighted by atomic mass is 16.2. The molecule has 0 aliphatic carbocycles. The topological polar surface area (TPSA) is 52.6 Å². The average Bonchev–Trinajstić information content (AvgIpc) is 2.85. The first-order valence-corrected chi connectivity index (χ1v) is 6.52. The third-order valence-electron chi connectivity index (χ3n) is 3.84. The first-order valence-electron chi connectivity index (χ1n) is 6.52. The van der Waals surface area contributed by atoms with Crippen molar-refractivity contribution in [3.8, 4) is 0 Å². The molecule has 100 valence electrons. The fourth-order valence-electron chi connectivity index (χ4n) is 2.61. The molecule has 1 saturated heterocycles. The van der Waals surface area contributed by atoms with Gasteiger partial charge in [-0.15, -0.1) is 0 Å². The van der Waals surface area contributed by atoms with E-state index < -0.39 is 0 Å². The van der Waals surface area contributed by atoms with Crippen LogP contribution in [-0.2, 0) is 16.0 Å². The van der Waals surface area contributed by atoms with E-state index in [0.717, 1.165) is 5.69 Å². The van der Waals surface area contributed by atoms with E-state index in [9.17, 15) is 9.59 Å². The third-order valence-corrected chi connectivity index (χ3v) is 3.84. The molecule has 1 aromatic rings. The third kappa shape index (κ3) is 2.16. The van der Waals surface area contributed by atoms with E-state index in [1.165, 1.54) is 5.56 Å². The Kier molecular flexibility index (Phi) is 2.89. The number of nitrogens with one attached hydrogen (secondary N) is 1. The van der Waals surface area contributed by atoms with Gasteiger partial charge >= 0.3 is 0 Å². The molecule has 2 amide bonds. The first-order chi connectivity index (χ1) is 9.15. The summed E-state index contributed by atoms with van der Waals surface area (Å²) < 4.78 is 0. The minimum atomic E-state index is -0.228. The number of para-hydroxylation sites is 1. The standard InChI is InChI=1S/C14H17N3O2/c1-16-6-7-17(9-13(16)18)14(19)12-8-10-4-2-3-5-11(10)15-12/h2-5,12,15H,6-9H2,1H3. The van der Waals surface area contributed by atoms with Crippen molar-refractivity contribution >= 4 is 17.5 Å². The van der Waals surface area contributed by atoms with E-state index in [4.69, 9.17) is 0 Å². The van der Waals surface area contributed by atoms with Crippen LogP contribution in [0.25, 0.3) is 0 Å². The van der Waals surface area contributed by atoms with Gasteiger partial charge in [-0.2, -0.15) is 0 Å². The van der Waals surface area contributed by atoms with Crippen molar-refractivity contribution in [3.05, 3.63) is 29.8 Å². The molecular formula is C14H17N3O2. The number of likely N-dealkylation sites (N-methyl/N-ethyl adjacent to an activating group) is 1. The maximum absolute atomic E-state index is 12.4. The number of fused-ring (bicyclic) bond motifs is 1. The molecule has 2 aliphatic heterocycles. The van der Waals surface area contributed by atoms with E-state index in [1.807, 2.05) is 24.3 Å². The van der Waals surface area contributed by atoms with E-state index in [0.29, 0.717) is 19.5 Å². The predicted molar refractivity (Wildman–Crippen MR) is 71.8 cm³/mol. The summed E-state index contributed by atoms with van der Waals surface area (Å²) in [6.07, 6.45) is 0.704. The lowest BCUT2D eigenvalue weighted by molar-refractivity contribution is -0.144. The van der Waals surface area contributed by atoms with Crippen LogP contribution in [0.1, 0.15) is 5.56 Å². The van der Waals surface area contributed by atoms with Crippen LogP contribution in [0.4, 0.5) is 5.69 Å². The number of rotatable bonds is 1. The lowest BCUT2D eigenvalue weighted by atomic mass is 10.1. The molecule has 2 heterocycles. The van der Waals surface area contributed by atoms with Crippen molar-refractivity contribution in [2.75, 3.05) is 32.0 Å². The van der Waals surface area contributed by atoms with Gasteiger partial charge in [0, 0.05) is 32.2 Å². The zero-order valence-electron chi connectivity index (χ0n) is 10.9. The highest BCUT2D eigenvalue weighted by Gasteiger charge is 2.33. The van der Waals surface area contributed by atoms with E-state index in [2.05, 4.69) is 5.32 Å². The van der Waals surface area contributed by atoms with Gasteiger partial charge in [0.2, 0.25) is 11.8 Å². The van der Waals surface area contributed by atoms with E-state index in [1.54, 1.807) is 16.8 Å². The molecule has 0 aromatic heterocycles. The normalized spacial score (nSPS) is 22.2. The summed E-state index contributed by atoms with van der Waals surface area (Å²) in [6.45, 7) is 1.43. The Labute approximate surface area is 112 Å². The number of anilines is 1. The molecule has 0 saturated carbocycles. The molecule has 0 bridgehead atoms. The highest BCUT2D eigenvalue weighted by Crippen LogP contribution is 2.26. The van der Waals surface area contributed by atoms with Gasteiger partial charge in [-0.3, -0.25) is 9.59 Å². The largest absolute Gasteiger partial charge is 0.373 e. The molecule has 1 N–H and O–H groups in total. The van der Waals surface area contributed by atoms with Crippen LogP contribution < -0.4 is 5.32 Å². The Morgan fingerprint density at radius 1 is 1.32 bits per heavy atom. The Hall–Kier alpha value is -2.04. The molecule has 1 unspecified atom stereocenters. The van der Waals surface area contributed by atoms with E-state index >= 15 is 0 Å². The number of amides is 2. The van der Waals surface area contributed by atoms with Gasteiger partial charge in [-0.1, -0.05) is 18.2 Å². The summed E-state index contributed by atoms with van der Waals surface area (Å²) in [7, 11) is 1.77. The van der Waals surface area contributed by atoms with Gasteiger partial charge in [0.1, 0.15) is 6.04 Å². The first kappa shape index (κ1) is 12.0. The Bertz CT molecular complexity index is 504. The van der Waals surface area contributed by atoms with Crippen molar-refractivity contribution < 1.29 is 9.59 Å². The SMILES string of the molecule is CN1CCN(C(=O)C2Cc3ccccc3N2)CC1=O. The van der Waals surface area contributed by atoms with Crippen molar-refractivity contribution in [2.24, 2.45) is 0 Å². The average molecular weight is 259 g/mol. The molecule has 1 atom stereocenters. The van der Waals surface area contributed by atoms with Crippen LogP contribution in [0.2, 0.25) is 0 Å². The summed E-state index contributed by atoms with van der Waals surface area (Å²) in [4.78, 5) is 27.4. The molecule has 0 spiro atoms. The maximum Gasteiger partial charge on any atom is 0.245 e. The molecule has 5 heteroatoms. The van der Waals surface area contributed by atoms with Gasteiger partial charge in [0.15, 0.2) is 0 Å². The molecule has 2 aliphatic rings. The summed E-state index contributed by atoms with van der Waals surface area (Å²) in [5, 5.41) is 3.24. The molecule has 5 nitrogen and oxygen atoms in total. The number of carbonyl (C=O) groups is 2. The zero-order valence-corrected chi connectivity index (χ0v) is 10.9. The minimum absolute atomic E-state index is 0.00936. The highest BCUT2D eigenvalue weighted by molar-refractivity contribution is 5.91. The van der Waals surface area contributed by atoms with Crippen molar-refractivity contribution in [3.63, 3.8) is 0 Å². The lowest BCUT2D eigenvalue weighted by Crippen LogP contribution is -2.54. The van der Waals surface area contributed by atoms with Gasteiger partial charge in [0.25, 0.3) is 0 Å². The molecule has 1 aromatic carbocycles. The van der Waals surface area contributed by atoms with Crippen LogP contribution >= 0.6 is 0 Å². The van der Waals surface area contributed by atoms with Gasteiger partial charge < -0.3 is 15.1 Å². The summed E-state index contributed by atoms with van der Waals surface area (Å²) in [5.41, 5.74) is 2.20. The van der Waals surface area contributed by atoms with Crippen LogP contribution in [0.3, 0.4) is 0 Å². The number of carbonyl (C=O) groups excluding carboxylic acids is 2. The Morgan fingerprint density at radius 2 is 2.11 bits per heavy atom. The van der Waals surface area contributed by atoms with Crippen LogP contribution in [-0.4, -0.2) is 54.3 Å². The van der Waals surface area contributed by atoms with Crippen LogP contribution in [0, 0.1) is 0 Å². The quantitative estimate of drug-likeness (QED) is 0.790. The van der Waals surface area contributed by atoms with Crippen LogP contribution in [0.15, 0.2) is 24.3 Å². The lowest BCUT2D eigenvalue weighted by Gasteiger charge is -2.33. The minimum Gasteiger partial charge on any atom is -0.373 e. The maximum atomic E-state index is 12.4. The molecule has 0 radical (unpaired) electrons.